The Hall–Kier alpha value is -0.860. The van der Waals surface area contributed by atoms with Gasteiger partial charge in [-0.15, -0.1) is 0 Å². The van der Waals surface area contributed by atoms with E-state index in [9.17, 15) is 0 Å². The van der Waals surface area contributed by atoms with Gasteiger partial charge in [-0.1, -0.05) is 20.8 Å². The fourth-order valence-electron chi connectivity index (χ4n) is 2.48. The molecule has 0 radical (unpaired) electrons. The van der Waals surface area contributed by atoms with Crippen molar-refractivity contribution in [2.75, 3.05) is 0 Å². The quantitative estimate of drug-likeness (QED) is 0.737. The maximum atomic E-state index is 4.40. The fraction of sp³-hybridized carbons (Fsp3) is 0.818. The normalized spacial score (nSPS) is 20.8. The molecule has 0 aliphatic heterocycles. The molecule has 14 heavy (non-hydrogen) atoms. The summed E-state index contributed by atoms with van der Waals surface area (Å²) in [5, 5.41) is 4.40. The van der Waals surface area contributed by atoms with Crippen molar-refractivity contribution in [3.63, 3.8) is 0 Å². The SMILES string of the molecule is CCc1ncn(CC2CC(C)(C)C2)n1. The molecule has 1 fully saturated rings. The molecule has 0 amide bonds. The lowest BCUT2D eigenvalue weighted by molar-refractivity contribution is 0.0798. The molecule has 0 saturated heterocycles. The summed E-state index contributed by atoms with van der Waals surface area (Å²) >= 11 is 0. The van der Waals surface area contributed by atoms with Crippen LogP contribution in [0, 0.1) is 11.3 Å². The average molecular weight is 193 g/mol. The van der Waals surface area contributed by atoms with Crippen LogP contribution in [0.25, 0.3) is 0 Å². The van der Waals surface area contributed by atoms with Crippen molar-refractivity contribution in [3.05, 3.63) is 12.2 Å². The Bertz CT molecular complexity index is 306. The van der Waals surface area contributed by atoms with Gasteiger partial charge in [-0.3, -0.25) is 4.68 Å². The average Bonchev–Trinajstić information content (AvgIpc) is 2.49. The zero-order valence-corrected chi connectivity index (χ0v) is 9.32. The van der Waals surface area contributed by atoms with Crippen molar-refractivity contribution in [3.8, 4) is 0 Å². The molecule has 3 heteroatoms. The lowest BCUT2D eigenvalue weighted by atomic mass is 9.64. The zero-order chi connectivity index (χ0) is 10.2. The lowest BCUT2D eigenvalue weighted by Crippen LogP contribution is -2.34. The first-order valence-electron chi connectivity index (χ1n) is 5.47. The highest BCUT2D eigenvalue weighted by atomic mass is 15.3. The molecule has 3 nitrogen and oxygen atoms in total. The van der Waals surface area contributed by atoms with Crippen LogP contribution in [0.3, 0.4) is 0 Å². The van der Waals surface area contributed by atoms with Crippen LogP contribution in [0.4, 0.5) is 0 Å². The van der Waals surface area contributed by atoms with Gasteiger partial charge in [0, 0.05) is 13.0 Å². The summed E-state index contributed by atoms with van der Waals surface area (Å²) < 4.78 is 2.00. The van der Waals surface area contributed by atoms with E-state index in [0.717, 1.165) is 24.7 Å². The minimum atomic E-state index is 0.568. The molecule has 2 rings (SSSR count). The Kier molecular flexibility index (Phi) is 2.33. The summed E-state index contributed by atoms with van der Waals surface area (Å²) in [7, 11) is 0. The second-order valence-corrected chi connectivity index (χ2v) is 5.17. The standard InChI is InChI=1S/C11H19N3/c1-4-10-12-8-14(13-10)7-9-5-11(2,3)6-9/h8-9H,4-7H2,1-3H3. The summed E-state index contributed by atoms with van der Waals surface area (Å²) in [6, 6.07) is 0. The zero-order valence-electron chi connectivity index (χ0n) is 9.32. The first kappa shape index (κ1) is 9.69. The number of nitrogens with zero attached hydrogens (tertiary/aromatic N) is 3. The van der Waals surface area contributed by atoms with Gasteiger partial charge < -0.3 is 0 Å². The highest BCUT2D eigenvalue weighted by molar-refractivity contribution is 4.87. The number of hydrogen-bond donors (Lipinski definition) is 0. The maximum absolute atomic E-state index is 4.40. The second kappa shape index (κ2) is 3.37. The van der Waals surface area contributed by atoms with Crippen LogP contribution in [0.2, 0.25) is 0 Å². The van der Waals surface area contributed by atoms with E-state index in [1.807, 2.05) is 11.0 Å². The van der Waals surface area contributed by atoms with Crippen LogP contribution in [-0.4, -0.2) is 14.8 Å². The molecule has 1 heterocycles. The Balaban J connectivity index is 1.87. The van der Waals surface area contributed by atoms with Crippen molar-refractivity contribution < 1.29 is 0 Å². The molecule has 0 N–H and O–H groups in total. The van der Waals surface area contributed by atoms with Crippen LogP contribution in [0.1, 0.15) is 39.4 Å². The van der Waals surface area contributed by atoms with E-state index in [4.69, 9.17) is 0 Å². The Morgan fingerprint density at radius 1 is 1.50 bits per heavy atom. The molecular formula is C11H19N3. The van der Waals surface area contributed by atoms with Crippen molar-refractivity contribution in [1.29, 1.82) is 0 Å². The van der Waals surface area contributed by atoms with Gasteiger partial charge >= 0.3 is 0 Å². The molecule has 0 unspecified atom stereocenters. The fourth-order valence-corrected chi connectivity index (χ4v) is 2.48. The van der Waals surface area contributed by atoms with Gasteiger partial charge in [-0.2, -0.15) is 5.10 Å². The Labute approximate surface area is 85.5 Å². The van der Waals surface area contributed by atoms with Crippen LogP contribution in [0.15, 0.2) is 6.33 Å². The smallest absolute Gasteiger partial charge is 0.150 e. The van der Waals surface area contributed by atoms with Gasteiger partial charge in [0.05, 0.1) is 0 Å². The first-order chi connectivity index (χ1) is 6.59. The van der Waals surface area contributed by atoms with Gasteiger partial charge in [0.15, 0.2) is 0 Å². The van der Waals surface area contributed by atoms with Crippen molar-refractivity contribution >= 4 is 0 Å². The predicted molar refractivity (Wildman–Crippen MR) is 55.9 cm³/mol. The van der Waals surface area contributed by atoms with E-state index >= 15 is 0 Å². The first-order valence-corrected chi connectivity index (χ1v) is 5.47. The van der Waals surface area contributed by atoms with Crippen molar-refractivity contribution in [2.24, 2.45) is 11.3 Å². The van der Waals surface area contributed by atoms with E-state index in [0.29, 0.717) is 5.41 Å². The summed E-state index contributed by atoms with van der Waals surface area (Å²) in [6.45, 7) is 7.81. The maximum Gasteiger partial charge on any atom is 0.150 e. The largest absolute Gasteiger partial charge is 0.252 e. The molecule has 1 aliphatic rings. The molecule has 0 aromatic carbocycles. The van der Waals surface area contributed by atoms with Gasteiger partial charge in [-0.05, 0) is 24.2 Å². The number of aromatic nitrogens is 3. The Morgan fingerprint density at radius 3 is 2.71 bits per heavy atom. The van der Waals surface area contributed by atoms with E-state index in [1.165, 1.54) is 12.8 Å². The third-order valence-corrected chi connectivity index (χ3v) is 3.03. The lowest BCUT2D eigenvalue weighted by Gasteiger charge is -2.42. The number of aryl methyl sites for hydroxylation is 1. The summed E-state index contributed by atoms with van der Waals surface area (Å²) in [5.74, 6) is 1.78. The molecule has 1 aliphatic carbocycles. The van der Waals surface area contributed by atoms with Crippen LogP contribution >= 0.6 is 0 Å². The molecule has 0 bridgehead atoms. The molecule has 1 saturated carbocycles. The third-order valence-electron chi connectivity index (χ3n) is 3.03. The summed E-state index contributed by atoms with van der Waals surface area (Å²) in [4.78, 5) is 4.23. The molecular weight excluding hydrogens is 174 g/mol. The molecule has 0 spiro atoms. The minimum Gasteiger partial charge on any atom is -0.252 e. The van der Waals surface area contributed by atoms with Crippen molar-refractivity contribution in [2.45, 2.75) is 46.6 Å². The summed E-state index contributed by atoms with van der Waals surface area (Å²) in [5.41, 5.74) is 0.568. The molecule has 0 atom stereocenters. The van der Waals surface area contributed by atoms with Gasteiger partial charge in [0.2, 0.25) is 0 Å². The second-order valence-electron chi connectivity index (χ2n) is 5.17. The van der Waals surface area contributed by atoms with Crippen LogP contribution in [-0.2, 0) is 13.0 Å². The third kappa shape index (κ3) is 1.97. The van der Waals surface area contributed by atoms with Gasteiger partial charge in [0.25, 0.3) is 0 Å². The van der Waals surface area contributed by atoms with E-state index < -0.39 is 0 Å². The van der Waals surface area contributed by atoms with Crippen LogP contribution < -0.4 is 0 Å². The number of rotatable bonds is 3. The van der Waals surface area contributed by atoms with Gasteiger partial charge in [-0.25, -0.2) is 4.98 Å². The van der Waals surface area contributed by atoms with Crippen LogP contribution in [0.5, 0.6) is 0 Å². The van der Waals surface area contributed by atoms with Gasteiger partial charge in [0.1, 0.15) is 12.2 Å². The molecule has 1 aromatic rings. The number of hydrogen-bond acceptors (Lipinski definition) is 2. The van der Waals surface area contributed by atoms with E-state index in [-0.39, 0.29) is 0 Å². The summed E-state index contributed by atoms with van der Waals surface area (Å²) in [6.07, 6.45) is 5.45. The minimum absolute atomic E-state index is 0.568. The topological polar surface area (TPSA) is 30.7 Å². The monoisotopic (exact) mass is 193 g/mol. The Morgan fingerprint density at radius 2 is 2.21 bits per heavy atom. The highest BCUT2D eigenvalue weighted by Crippen LogP contribution is 2.45. The van der Waals surface area contributed by atoms with E-state index in [1.54, 1.807) is 0 Å². The molecule has 1 aromatic heterocycles. The predicted octanol–water partition coefficient (Wildman–Crippen LogP) is 2.28. The van der Waals surface area contributed by atoms with E-state index in [2.05, 4.69) is 30.9 Å². The van der Waals surface area contributed by atoms with Crippen molar-refractivity contribution in [1.82, 2.24) is 14.8 Å². The highest BCUT2D eigenvalue weighted by Gasteiger charge is 2.35. The molecule has 78 valence electrons.